The first-order chi connectivity index (χ1) is 15.1. The van der Waals surface area contributed by atoms with E-state index in [0.29, 0.717) is 23.3 Å². The number of pyridine rings is 1. The van der Waals surface area contributed by atoms with E-state index in [9.17, 15) is 9.59 Å². The van der Waals surface area contributed by atoms with Crippen LogP contribution >= 0.6 is 0 Å². The van der Waals surface area contributed by atoms with Crippen LogP contribution in [0.3, 0.4) is 0 Å². The molecule has 5 nitrogen and oxygen atoms in total. The third-order valence-corrected chi connectivity index (χ3v) is 5.81. The Morgan fingerprint density at radius 1 is 1.00 bits per heavy atom. The molecule has 5 rings (SSSR count). The summed E-state index contributed by atoms with van der Waals surface area (Å²) in [6.45, 7) is 2.30. The maximum atomic E-state index is 13.4. The van der Waals surface area contributed by atoms with Crippen molar-refractivity contribution in [2.75, 3.05) is 0 Å². The number of hydrogen-bond donors (Lipinski definition) is 2. The summed E-state index contributed by atoms with van der Waals surface area (Å²) in [6.07, 6.45) is 3.42. The summed E-state index contributed by atoms with van der Waals surface area (Å²) in [6, 6.07) is 21.1. The zero-order valence-corrected chi connectivity index (χ0v) is 17.1. The first-order valence-corrected chi connectivity index (χ1v) is 10.2. The van der Waals surface area contributed by atoms with Crippen molar-refractivity contribution in [3.05, 3.63) is 118 Å². The highest BCUT2D eigenvalue weighted by molar-refractivity contribution is 6.23. The molecule has 3 aromatic rings. The molecule has 0 unspecified atom stereocenters. The minimum absolute atomic E-state index is 0.0483. The number of hydrogen-bond acceptors (Lipinski definition) is 4. The van der Waals surface area contributed by atoms with Crippen molar-refractivity contribution < 1.29 is 9.59 Å². The second kappa shape index (κ2) is 7.69. The van der Waals surface area contributed by atoms with Crippen molar-refractivity contribution in [2.45, 2.75) is 19.4 Å². The number of benzene rings is 2. The Kier molecular flexibility index (Phi) is 4.71. The molecule has 2 N–H and O–H groups in total. The van der Waals surface area contributed by atoms with E-state index in [0.717, 1.165) is 28.1 Å². The molecule has 1 aliphatic heterocycles. The van der Waals surface area contributed by atoms with Gasteiger partial charge in [0.2, 0.25) is 5.91 Å². The van der Waals surface area contributed by atoms with Crippen molar-refractivity contribution in [1.29, 1.82) is 0 Å². The van der Waals surface area contributed by atoms with Gasteiger partial charge in [0.25, 0.3) is 0 Å². The standard InChI is InChI=1S/C26H21N3O2/c1-16-21(26(31)28-14-17-8-3-2-4-9-17)22(18-10-7-13-27-15-18)23-24(29-16)19-11-5-6-12-20(19)25(23)30/h2-13,15,22,29H,14H2,1H3,(H,28,31)/t22-/m0/s1. The predicted octanol–water partition coefficient (Wildman–Crippen LogP) is 3.97. The van der Waals surface area contributed by atoms with Gasteiger partial charge in [0.15, 0.2) is 5.78 Å². The first-order valence-electron chi connectivity index (χ1n) is 10.2. The second-order valence-corrected chi connectivity index (χ2v) is 7.71. The summed E-state index contributed by atoms with van der Waals surface area (Å²) in [4.78, 5) is 31.0. The van der Waals surface area contributed by atoms with Gasteiger partial charge in [-0.05, 0) is 24.1 Å². The molecule has 2 aliphatic rings. The molecule has 0 spiro atoms. The fraction of sp³-hybridized carbons (Fsp3) is 0.115. The Labute approximate surface area is 180 Å². The molecular weight excluding hydrogens is 386 g/mol. The predicted molar refractivity (Wildman–Crippen MR) is 119 cm³/mol. The van der Waals surface area contributed by atoms with Gasteiger partial charge < -0.3 is 10.6 Å². The largest absolute Gasteiger partial charge is 0.358 e. The molecule has 0 saturated carbocycles. The van der Waals surface area contributed by atoms with Crippen LogP contribution in [0.5, 0.6) is 0 Å². The van der Waals surface area contributed by atoms with Crippen LogP contribution in [0, 0.1) is 0 Å². The summed E-state index contributed by atoms with van der Waals surface area (Å²) in [5.41, 5.74) is 6.04. The minimum atomic E-state index is -0.486. The number of rotatable bonds is 4. The molecule has 0 bridgehead atoms. The lowest BCUT2D eigenvalue weighted by atomic mass is 9.80. The number of aromatic nitrogens is 1. The van der Waals surface area contributed by atoms with Crippen molar-refractivity contribution in [1.82, 2.24) is 15.6 Å². The number of carbonyl (C=O) groups excluding carboxylic acids is 2. The zero-order chi connectivity index (χ0) is 21.4. The van der Waals surface area contributed by atoms with E-state index in [1.165, 1.54) is 0 Å². The lowest BCUT2D eigenvalue weighted by Crippen LogP contribution is -2.34. The second-order valence-electron chi connectivity index (χ2n) is 7.71. The lowest BCUT2D eigenvalue weighted by molar-refractivity contribution is -0.117. The highest BCUT2D eigenvalue weighted by Gasteiger charge is 2.42. The van der Waals surface area contributed by atoms with E-state index >= 15 is 0 Å². The molecule has 0 fully saturated rings. The van der Waals surface area contributed by atoms with Crippen LogP contribution in [0.2, 0.25) is 0 Å². The van der Waals surface area contributed by atoms with Gasteiger partial charge in [-0.15, -0.1) is 0 Å². The Hall–Kier alpha value is -3.99. The summed E-state index contributed by atoms with van der Waals surface area (Å²) in [5, 5.41) is 6.37. The number of amides is 1. The van der Waals surface area contributed by atoms with E-state index in [2.05, 4.69) is 15.6 Å². The fourth-order valence-electron chi connectivity index (χ4n) is 4.38. The van der Waals surface area contributed by atoms with Gasteiger partial charge in [-0.1, -0.05) is 60.7 Å². The highest BCUT2D eigenvalue weighted by atomic mass is 16.2. The topological polar surface area (TPSA) is 71.1 Å². The fourth-order valence-corrected chi connectivity index (χ4v) is 4.38. The Morgan fingerprint density at radius 2 is 1.74 bits per heavy atom. The average molecular weight is 407 g/mol. The quantitative estimate of drug-likeness (QED) is 0.687. The summed E-state index contributed by atoms with van der Waals surface area (Å²) >= 11 is 0. The average Bonchev–Trinajstić information content (AvgIpc) is 3.09. The summed E-state index contributed by atoms with van der Waals surface area (Å²) in [5.74, 6) is -0.730. The van der Waals surface area contributed by atoms with Gasteiger partial charge >= 0.3 is 0 Å². The summed E-state index contributed by atoms with van der Waals surface area (Å²) < 4.78 is 0. The number of carbonyl (C=O) groups is 2. The molecule has 0 radical (unpaired) electrons. The Balaban J connectivity index is 1.56. The van der Waals surface area contributed by atoms with E-state index in [4.69, 9.17) is 0 Å². The molecule has 1 aliphatic carbocycles. The van der Waals surface area contributed by atoms with Crippen molar-refractivity contribution in [3.63, 3.8) is 0 Å². The molecule has 1 amide bonds. The number of allylic oxidation sites excluding steroid dienone is 2. The highest BCUT2D eigenvalue weighted by Crippen LogP contribution is 2.46. The van der Waals surface area contributed by atoms with E-state index < -0.39 is 5.92 Å². The lowest BCUT2D eigenvalue weighted by Gasteiger charge is -2.29. The van der Waals surface area contributed by atoms with Gasteiger partial charge in [-0.3, -0.25) is 14.6 Å². The van der Waals surface area contributed by atoms with Gasteiger partial charge in [0.1, 0.15) is 0 Å². The third kappa shape index (κ3) is 3.24. The molecular formula is C26H21N3O2. The maximum Gasteiger partial charge on any atom is 0.250 e. The number of nitrogens with one attached hydrogen (secondary N) is 2. The molecule has 1 atom stereocenters. The molecule has 2 aromatic carbocycles. The first kappa shape index (κ1) is 19.0. The van der Waals surface area contributed by atoms with Crippen molar-refractivity contribution in [2.24, 2.45) is 0 Å². The van der Waals surface area contributed by atoms with Crippen LogP contribution in [0.15, 0.2) is 96.0 Å². The van der Waals surface area contributed by atoms with Crippen LogP contribution in [0.25, 0.3) is 5.70 Å². The number of ketones is 1. The SMILES string of the molecule is CC1=C(C(=O)NCc2ccccc2)[C@H](c2cccnc2)C2=C(N1)c1ccccc1C2=O. The van der Waals surface area contributed by atoms with Gasteiger partial charge in [0, 0.05) is 52.8 Å². The maximum absolute atomic E-state index is 13.4. The van der Waals surface area contributed by atoms with Gasteiger partial charge in [-0.2, -0.15) is 0 Å². The van der Waals surface area contributed by atoms with Crippen molar-refractivity contribution in [3.8, 4) is 0 Å². The number of dihydropyridines is 1. The third-order valence-electron chi connectivity index (χ3n) is 5.81. The van der Waals surface area contributed by atoms with E-state index in [1.54, 1.807) is 12.4 Å². The van der Waals surface area contributed by atoms with Gasteiger partial charge in [0.05, 0.1) is 5.70 Å². The number of fused-ring (bicyclic) bond motifs is 2. The number of Topliss-reactive ketones (excluding diaryl/α,β-unsaturated/α-hetero) is 1. The molecule has 5 heteroatoms. The smallest absolute Gasteiger partial charge is 0.250 e. The Morgan fingerprint density at radius 3 is 2.48 bits per heavy atom. The number of nitrogens with zero attached hydrogens (tertiary/aromatic N) is 1. The molecule has 1 aromatic heterocycles. The van der Waals surface area contributed by atoms with Crippen LogP contribution in [0.4, 0.5) is 0 Å². The van der Waals surface area contributed by atoms with E-state index in [1.807, 2.05) is 73.7 Å². The summed E-state index contributed by atoms with van der Waals surface area (Å²) in [7, 11) is 0. The molecule has 2 heterocycles. The van der Waals surface area contributed by atoms with Gasteiger partial charge in [-0.25, -0.2) is 0 Å². The van der Waals surface area contributed by atoms with Crippen LogP contribution < -0.4 is 10.6 Å². The van der Waals surface area contributed by atoms with Crippen LogP contribution in [-0.2, 0) is 11.3 Å². The molecule has 0 saturated heterocycles. The van der Waals surface area contributed by atoms with E-state index in [-0.39, 0.29) is 11.7 Å². The van der Waals surface area contributed by atoms with Crippen LogP contribution in [0.1, 0.15) is 39.9 Å². The monoisotopic (exact) mass is 407 g/mol. The molecule has 31 heavy (non-hydrogen) atoms. The minimum Gasteiger partial charge on any atom is -0.358 e. The molecule has 152 valence electrons. The van der Waals surface area contributed by atoms with Crippen molar-refractivity contribution >= 4 is 17.4 Å². The van der Waals surface area contributed by atoms with Crippen LogP contribution in [-0.4, -0.2) is 16.7 Å². The normalized spacial score (nSPS) is 17.2. The zero-order valence-electron chi connectivity index (χ0n) is 17.1. The Bertz CT molecular complexity index is 1240.